The number of carbonyl (C=O) groups is 8. The number of phenols is 2. The number of aliphatic hydroxyl groups is 2. The van der Waals surface area contributed by atoms with Gasteiger partial charge in [0.25, 0.3) is 0 Å². The number of aromatic hydroxyl groups is 2. The zero-order valence-corrected chi connectivity index (χ0v) is 33.9. The number of rotatable bonds is 23. The molecular weight excluding hydrogens is 788 g/mol. The van der Waals surface area contributed by atoms with Crippen LogP contribution in [0.2, 0.25) is 0 Å². The lowest BCUT2D eigenvalue weighted by Crippen LogP contribution is -2.60. The number of aliphatic hydroxyl groups excluding tert-OH is 2. The van der Waals surface area contributed by atoms with Crippen molar-refractivity contribution < 1.29 is 63.9 Å². The van der Waals surface area contributed by atoms with E-state index in [0.29, 0.717) is 11.1 Å². The highest BCUT2D eigenvalue weighted by Crippen LogP contribution is 2.14. The maximum atomic E-state index is 13.6. The predicted octanol–water partition coefficient (Wildman–Crippen LogP) is -3.22. The van der Waals surface area contributed by atoms with Gasteiger partial charge in [0.15, 0.2) is 0 Å². The topological polar surface area (TPSA) is 348 Å². The monoisotopic (exact) mass is 844 g/mol. The molecule has 0 fully saturated rings. The molecule has 0 radical (unpaired) electrons. The Morgan fingerprint density at radius 2 is 0.833 bits per heavy atom. The van der Waals surface area contributed by atoms with Gasteiger partial charge < -0.3 is 68.5 Å². The summed E-state index contributed by atoms with van der Waals surface area (Å²) in [4.78, 5) is 103. The highest BCUT2D eigenvalue weighted by molar-refractivity contribution is 5.97. The third-order valence-electron chi connectivity index (χ3n) is 8.95. The highest BCUT2D eigenvalue weighted by Gasteiger charge is 2.33. The summed E-state index contributed by atoms with van der Waals surface area (Å²) in [6.07, 6.45) is -0.0525. The molecule has 0 aromatic heterocycles. The van der Waals surface area contributed by atoms with Gasteiger partial charge in [0.1, 0.15) is 53.8 Å². The number of nitrogens with one attached hydrogen (secondary N) is 7. The molecule has 2 aromatic rings. The molecule has 0 spiro atoms. The Kier molecular flexibility index (Phi) is 19.9. The van der Waals surface area contributed by atoms with Gasteiger partial charge in [-0.3, -0.25) is 33.6 Å². The maximum absolute atomic E-state index is 13.6. The van der Waals surface area contributed by atoms with E-state index < -0.39 is 109 Å². The van der Waals surface area contributed by atoms with Gasteiger partial charge in [0.05, 0.1) is 19.3 Å². The molecular formula is C39H56N8O13. The van der Waals surface area contributed by atoms with Gasteiger partial charge in [-0.1, -0.05) is 38.1 Å². The zero-order valence-electron chi connectivity index (χ0n) is 33.9. The number of hydrogen-bond donors (Lipinski definition) is 13. The Hall–Kier alpha value is -6.32. The van der Waals surface area contributed by atoms with E-state index in [0.717, 1.165) is 0 Å². The van der Waals surface area contributed by atoms with Crippen LogP contribution in [0.4, 0.5) is 0 Å². The van der Waals surface area contributed by atoms with E-state index >= 15 is 0 Å². The number of benzene rings is 2. The molecule has 14 N–H and O–H groups in total. The van der Waals surface area contributed by atoms with Crippen LogP contribution in [0.25, 0.3) is 0 Å². The van der Waals surface area contributed by atoms with Crippen LogP contribution in [0.5, 0.6) is 11.5 Å². The van der Waals surface area contributed by atoms with E-state index in [2.05, 4.69) is 37.2 Å². The molecule has 7 amide bonds. The van der Waals surface area contributed by atoms with Crippen molar-refractivity contribution in [2.75, 3.05) is 13.2 Å². The molecule has 0 aliphatic rings. The molecule has 2 rings (SSSR count). The second-order valence-corrected chi connectivity index (χ2v) is 14.6. The minimum atomic E-state index is -1.69. The molecule has 2 aromatic carbocycles. The number of nitrogens with two attached hydrogens (primary N) is 1. The number of phenolic OH excluding ortho intramolecular Hbond substituents is 2. The van der Waals surface area contributed by atoms with Gasteiger partial charge in [0.2, 0.25) is 41.4 Å². The van der Waals surface area contributed by atoms with Crippen LogP contribution in [0.1, 0.15) is 52.2 Å². The first kappa shape index (κ1) is 49.8. The molecule has 0 aliphatic heterocycles. The lowest BCUT2D eigenvalue weighted by molar-refractivity contribution is -0.143. The highest BCUT2D eigenvalue weighted by atomic mass is 16.4. The van der Waals surface area contributed by atoms with Crippen LogP contribution >= 0.6 is 0 Å². The van der Waals surface area contributed by atoms with Gasteiger partial charge in [-0.05, 0) is 74.9 Å². The van der Waals surface area contributed by atoms with Crippen LogP contribution in [0.15, 0.2) is 48.5 Å². The zero-order chi connectivity index (χ0) is 45.3. The Morgan fingerprint density at radius 1 is 0.483 bits per heavy atom. The average Bonchev–Trinajstić information content (AvgIpc) is 3.19. The average molecular weight is 845 g/mol. The summed E-state index contributed by atoms with van der Waals surface area (Å²) < 4.78 is 0. The Morgan fingerprint density at radius 3 is 1.27 bits per heavy atom. The Balaban J connectivity index is 2.03. The lowest BCUT2D eigenvalue weighted by atomic mass is 10.0. The van der Waals surface area contributed by atoms with E-state index in [1.165, 1.54) is 57.2 Å². The van der Waals surface area contributed by atoms with Crippen molar-refractivity contribution >= 4 is 47.3 Å². The molecule has 0 unspecified atom stereocenters. The van der Waals surface area contributed by atoms with Crippen LogP contribution in [-0.4, -0.2) is 134 Å². The number of carbonyl (C=O) groups excluding carboxylic acids is 7. The van der Waals surface area contributed by atoms with Crippen molar-refractivity contribution in [3.63, 3.8) is 0 Å². The normalized spacial score (nSPS) is 15.0. The van der Waals surface area contributed by atoms with Crippen LogP contribution in [-0.2, 0) is 51.2 Å². The second kappa shape index (κ2) is 23.9. The van der Waals surface area contributed by atoms with E-state index in [1.54, 1.807) is 26.0 Å². The molecule has 0 bridgehead atoms. The van der Waals surface area contributed by atoms with Crippen molar-refractivity contribution in [1.29, 1.82) is 0 Å². The fourth-order valence-corrected chi connectivity index (χ4v) is 5.45. The SMILES string of the molecule is CC(C)C[C@H](NC(=O)[C@H](CO)NC(=O)[C@H](C)NC(=O)[C@H](C)NC(=O)[C@H](C)NC(=O)[C@@H](N)Cc1ccc(O)cc1)C(=O)N[C@@H](Cc1ccc(O)cc1)C(=O)N[C@@H](CO)C(=O)O. The van der Waals surface area contributed by atoms with Gasteiger partial charge in [0, 0.05) is 6.42 Å². The van der Waals surface area contributed by atoms with Gasteiger partial charge in [-0.25, -0.2) is 4.79 Å². The van der Waals surface area contributed by atoms with E-state index in [4.69, 9.17) is 5.73 Å². The molecule has 330 valence electrons. The van der Waals surface area contributed by atoms with E-state index in [1.807, 2.05) is 0 Å². The summed E-state index contributed by atoms with van der Waals surface area (Å²) >= 11 is 0. The first-order valence-corrected chi connectivity index (χ1v) is 19.0. The fraction of sp³-hybridized carbons (Fsp3) is 0.487. The first-order valence-electron chi connectivity index (χ1n) is 19.0. The number of amides is 7. The van der Waals surface area contributed by atoms with Gasteiger partial charge >= 0.3 is 5.97 Å². The van der Waals surface area contributed by atoms with Crippen LogP contribution < -0.4 is 43.0 Å². The molecule has 0 heterocycles. The quantitative estimate of drug-likeness (QED) is 0.0524. The summed E-state index contributed by atoms with van der Waals surface area (Å²) in [6, 6.07) is 0.954. The van der Waals surface area contributed by atoms with Crippen LogP contribution in [0, 0.1) is 5.92 Å². The minimum Gasteiger partial charge on any atom is -0.508 e. The molecule has 21 nitrogen and oxygen atoms in total. The Labute approximate surface area is 346 Å². The number of hydrogen-bond acceptors (Lipinski definition) is 13. The molecule has 0 saturated heterocycles. The van der Waals surface area contributed by atoms with E-state index in [9.17, 15) is 63.9 Å². The van der Waals surface area contributed by atoms with Gasteiger partial charge in [-0.15, -0.1) is 0 Å². The standard InChI is InChI=1S/C39H56N8O13/c1-19(2)14-28(36(56)45-29(16-24-8-12-26(51)13-9-24)37(57)47-31(18-49)39(59)60)44-38(58)30(17-48)46-34(54)22(5)42-32(52)20(3)41-33(53)21(4)43-35(55)27(40)15-23-6-10-25(50)11-7-23/h6-13,19-22,27-31,48-51H,14-18,40H2,1-5H3,(H,41,53)(H,42,52)(H,43,55)(H,44,58)(H,45,56)(H,46,54)(H,47,57)(H,59,60)/t20-,21-,22-,27-,28-,29-,30-,31-/m0/s1. The molecule has 8 atom stereocenters. The number of aliphatic carboxylic acids is 1. The van der Waals surface area contributed by atoms with E-state index in [-0.39, 0.29) is 36.7 Å². The largest absolute Gasteiger partial charge is 0.508 e. The van der Waals surface area contributed by atoms with Gasteiger partial charge in [-0.2, -0.15) is 0 Å². The van der Waals surface area contributed by atoms with Crippen LogP contribution in [0.3, 0.4) is 0 Å². The summed E-state index contributed by atoms with van der Waals surface area (Å²) in [7, 11) is 0. The number of carboxylic acids is 1. The minimum absolute atomic E-state index is 0.0105. The lowest BCUT2D eigenvalue weighted by Gasteiger charge is -2.27. The molecule has 21 heteroatoms. The summed E-state index contributed by atoms with van der Waals surface area (Å²) in [5.41, 5.74) is 7.09. The summed E-state index contributed by atoms with van der Waals surface area (Å²) in [5, 5.41) is 64.4. The van der Waals surface area contributed by atoms with Crippen molar-refractivity contribution in [2.45, 2.75) is 102 Å². The third kappa shape index (κ3) is 16.5. The molecule has 0 saturated carbocycles. The molecule has 60 heavy (non-hydrogen) atoms. The summed E-state index contributed by atoms with van der Waals surface area (Å²) in [6.45, 7) is 5.55. The smallest absolute Gasteiger partial charge is 0.328 e. The maximum Gasteiger partial charge on any atom is 0.328 e. The number of carboxylic acid groups (broad SMARTS) is 1. The summed E-state index contributed by atoms with van der Waals surface area (Å²) in [5.74, 6) is -7.74. The second-order valence-electron chi connectivity index (χ2n) is 14.6. The van der Waals surface area contributed by atoms with Crippen molar-refractivity contribution in [3.05, 3.63) is 59.7 Å². The first-order chi connectivity index (χ1) is 28.1. The fourth-order valence-electron chi connectivity index (χ4n) is 5.45. The third-order valence-corrected chi connectivity index (χ3v) is 8.95. The molecule has 0 aliphatic carbocycles. The van der Waals surface area contributed by atoms with Crippen molar-refractivity contribution in [2.24, 2.45) is 11.7 Å². The van der Waals surface area contributed by atoms with Crippen molar-refractivity contribution in [3.8, 4) is 11.5 Å². The Bertz CT molecular complexity index is 1810. The van der Waals surface area contributed by atoms with Crippen molar-refractivity contribution in [1.82, 2.24) is 37.2 Å². The predicted molar refractivity (Wildman–Crippen MR) is 213 cm³/mol.